The van der Waals surface area contributed by atoms with Crippen LogP contribution in [0.15, 0.2) is 24.5 Å². The summed E-state index contributed by atoms with van der Waals surface area (Å²) < 4.78 is 1.62. The number of carbonyl (C=O) groups is 3. The first-order valence-corrected chi connectivity index (χ1v) is 7.58. The van der Waals surface area contributed by atoms with Crippen molar-refractivity contribution >= 4 is 17.8 Å². The standard InChI is InChI=1S/C15H23N5O3/c16-14(22)12-6-5-9-20(10-12)11-13(21)18-7-3-1-2-4-8-19-15(17)23/h5-6,9-10H,1-4,7-8,11H2,(H5-,16,17,18,19,21,22,23)/p+1. The molecule has 1 heterocycles. The van der Waals surface area contributed by atoms with Crippen LogP contribution in [-0.2, 0) is 11.3 Å². The van der Waals surface area contributed by atoms with Gasteiger partial charge in [0.25, 0.3) is 11.8 Å². The molecule has 1 aromatic rings. The number of unbranched alkanes of at least 4 members (excludes halogenated alkanes) is 3. The highest BCUT2D eigenvalue weighted by Gasteiger charge is 2.11. The Hall–Kier alpha value is -2.64. The van der Waals surface area contributed by atoms with Crippen molar-refractivity contribution in [2.75, 3.05) is 13.1 Å². The Balaban J connectivity index is 2.14. The number of hydrogen-bond acceptors (Lipinski definition) is 3. The summed E-state index contributed by atoms with van der Waals surface area (Å²) in [5.41, 5.74) is 10.5. The molecule has 0 radical (unpaired) electrons. The van der Waals surface area contributed by atoms with Crippen molar-refractivity contribution in [1.29, 1.82) is 0 Å². The minimum Gasteiger partial charge on any atom is -0.365 e. The second-order valence-electron chi connectivity index (χ2n) is 5.18. The van der Waals surface area contributed by atoms with Crippen molar-refractivity contribution in [3.05, 3.63) is 30.1 Å². The molecule has 0 atom stereocenters. The first kappa shape index (κ1) is 18.4. The van der Waals surface area contributed by atoms with E-state index in [-0.39, 0.29) is 12.5 Å². The Morgan fingerprint density at radius 1 is 1.00 bits per heavy atom. The van der Waals surface area contributed by atoms with Gasteiger partial charge in [-0.2, -0.15) is 4.57 Å². The zero-order valence-electron chi connectivity index (χ0n) is 13.1. The summed E-state index contributed by atoms with van der Waals surface area (Å²) in [7, 11) is 0. The van der Waals surface area contributed by atoms with Gasteiger partial charge in [0, 0.05) is 19.2 Å². The third-order valence-electron chi connectivity index (χ3n) is 3.19. The van der Waals surface area contributed by atoms with Crippen LogP contribution in [0.4, 0.5) is 4.79 Å². The van der Waals surface area contributed by atoms with Crippen LogP contribution in [0.1, 0.15) is 36.0 Å². The van der Waals surface area contributed by atoms with Crippen molar-refractivity contribution in [2.24, 2.45) is 11.5 Å². The summed E-state index contributed by atoms with van der Waals surface area (Å²) in [4.78, 5) is 33.3. The lowest BCUT2D eigenvalue weighted by Gasteiger charge is -2.04. The maximum Gasteiger partial charge on any atom is 0.312 e. The lowest BCUT2D eigenvalue weighted by atomic mass is 10.2. The minimum atomic E-state index is -0.523. The van der Waals surface area contributed by atoms with Gasteiger partial charge >= 0.3 is 6.03 Å². The maximum atomic E-state index is 11.8. The molecule has 6 N–H and O–H groups in total. The molecule has 0 spiro atoms. The largest absolute Gasteiger partial charge is 0.365 e. The molecule has 8 heteroatoms. The summed E-state index contributed by atoms with van der Waals surface area (Å²) in [6.45, 7) is 1.32. The molecule has 4 amide bonds. The molecule has 0 aliphatic carbocycles. The predicted octanol–water partition coefficient (Wildman–Crippen LogP) is -0.582. The number of hydrogen-bond donors (Lipinski definition) is 4. The van der Waals surface area contributed by atoms with Crippen molar-refractivity contribution in [3.8, 4) is 0 Å². The highest BCUT2D eigenvalue weighted by Crippen LogP contribution is 1.97. The number of rotatable bonds is 10. The number of aromatic nitrogens is 1. The minimum absolute atomic E-state index is 0.119. The summed E-state index contributed by atoms with van der Waals surface area (Å²) in [5, 5.41) is 5.35. The van der Waals surface area contributed by atoms with E-state index in [0.717, 1.165) is 25.7 Å². The van der Waals surface area contributed by atoms with Crippen molar-refractivity contribution < 1.29 is 19.0 Å². The molecule has 0 fully saturated rings. The third kappa shape index (κ3) is 8.40. The molecule has 0 aliphatic heterocycles. The van der Waals surface area contributed by atoms with Crippen LogP contribution >= 0.6 is 0 Å². The quantitative estimate of drug-likeness (QED) is 0.339. The molecule has 1 rings (SSSR count). The first-order chi connectivity index (χ1) is 11.0. The number of carbonyl (C=O) groups excluding carboxylic acids is 3. The SMILES string of the molecule is NC(=O)NCCCCCCNC(=O)C[n+]1cccc(C(N)=O)c1. The van der Waals surface area contributed by atoms with E-state index < -0.39 is 11.9 Å². The summed E-state index contributed by atoms with van der Waals surface area (Å²) >= 11 is 0. The fourth-order valence-electron chi connectivity index (χ4n) is 2.03. The number of nitrogens with one attached hydrogen (secondary N) is 2. The Labute approximate surface area is 135 Å². The van der Waals surface area contributed by atoms with Gasteiger partial charge in [0.1, 0.15) is 5.56 Å². The molecule has 0 aromatic carbocycles. The van der Waals surface area contributed by atoms with E-state index in [2.05, 4.69) is 10.6 Å². The average molecular weight is 322 g/mol. The lowest BCUT2D eigenvalue weighted by Crippen LogP contribution is -2.43. The van der Waals surface area contributed by atoms with Crippen LogP contribution in [0.5, 0.6) is 0 Å². The number of primary amides is 2. The molecule has 0 bridgehead atoms. The molecule has 1 aromatic heterocycles. The van der Waals surface area contributed by atoms with E-state index in [4.69, 9.17) is 11.5 Å². The van der Waals surface area contributed by atoms with Gasteiger partial charge in [-0.3, -0.25) is 9.59 Å². The number of nitrogens with zero attached hydrogens (tertiary/aromatic N) is 1. The smallest absolute Gasteiger partial charge is 0.312 e. The molecular formula is C15H24N5O3+. The van der Waals surface area contributed by atoms with Crippen molar-refractivity contribution in [1.82, 2.24) is 10.6 Å². The molecular weight excluding hydrogens is 298 g/mol. The Morgan fingerprint density at radius 2 is 1.65 bits per heavy atom. The number of amides is 4. The molecule has 0 unspecified atom stereocenters. The molecule has 0 saturated heterocycles. The van der Waals surface area contributed by atoms with E-state index >= 15 is 0 Å². The fraction of sp³-hybridized carbons (Fsp3) is 0.467. The van der Waals surface area contributed by atoms with E-state index in [1.165, 1.54) is 0 Å². The van der Waals surface area contributed by atoms with E-state index in [9.17, 15) is 14.4 Å². The second kappa shape index (κ2) is 10.1. The Kier molecular flexibility index (Phi) is 8.12. The van der Waals surface area contributed by atoms with E-state index in [1.807, 2.05) is 0 Å². The lowest BCUT2D eigenvalue weighted by molar-refractivity contribution is -0.684. The number of nitrogens with two attached hydrogens (primary N) is 2. The molecule has 126 valence electrons. The highest BCUT2D eigenvalue weighted by molar-refractivity contribution is 5.92. The van der Waals surface area contributed by atoms with E-state index in [0.29, 0.717) is 18.7 Å². The second-order valence-corrected chi connectivity index (χ2v) is 5.18. The first-order valence-electron chi connectivity index (χ1n) is 7.58. The monoisotopic (exact) mass is 322 g/mol. The Bertz CT molecular complexity index is 548. The maximum absolute atomic E-state index is 11.8. The van der Waals surface area contributed by atoms with Gasteiger partial charge in [-0.15, -0.1) is 0 Å². The topological polar surface area (TPSA) is 131 Å². The van der Waals surface area contributed by atoms with Crippen molar-refractivity contribution in [3.63, 3.8) is 0 Å². The van der Waals surface area contributed by atoms with Crippen LogP contribution in [-0.4, -0.2) is 30.9 Å². The van der Waals surface area contributed by atoms with E-state index in [1.54, 1.807) is 29.1 Å². The van der Waals surface area contributed by atoms with Gasteiger partial charge < -0.3 is 22.1 Å². The summed E-state index contributed by atoms with van der Waals surface area (Å²) in [6.07, 6.45) is 6.92. The van der Waals surface area contributed by atoms with Crippen LogP contribution in [0.2, 0.25) is 0 Å². The molecule has 0 aliphatic rings. The van der Waals surface area contributed by atoms with Crippen LogP contribution < -0.4 is 26.7 Å². The van der Waals surface area contributed by atoms with Crippen LogP contribution in [0.3, 0.4) is 0 Å². The summed E-state index contributed by atoms with van der Waals surface area (Å²) in [6, 6.07) is 2.77. The van der Waals surface area contributed by atoms with Crippen molar-refractivity contribution in [2.45, 2.75) is 32.2 Å². The van der Waals surface area contributed by atoms with Gasteiger partial charge in [0.2, 0.25) is 6.54 Å². The molecule has 8 nitrogen and oxygen atoms in total. The zero-order chi connectivity index (χ0) is 17.1. The fourth-order valence-corrected chi connectivity index (χ4v) is 2.03. The third-order valence-corrected chi connectivity index (χ3v) is 3.19. The van der Waals surface area contributed by atoms with Gasteiger partial charge in [-0.25, -0.2) is 4.79 Å². The van der Waals surface area contributed by atoms with Gasteiger partial charge in [0.05, 0.1) is 0 Å². The van der Waals surface area contributed by atoms with Crippen LogP contribution in [0.25, 0.3) is 0 Å². The van der Waals surface area contributed by atoms with Gasteiger partial charge in [-0.05, 0) is 18.9 Å². The van der Waals surface area contributed by atoms with Gasteiger partial charge in [-0.1, -0.05) is 12.8 Å². The zero-order valence-corrected chi connectivity index (χ0v) is 13.1. The predicted molar refractivity (Wildman–Crippen MR) is 84.2 cm³/mol. The van der Waals surface area contributed by atoms with Crippen LogP contribution in [0, 0.1) is 0 Å². The summed E-state index contributed by atoms with van der Waals surface area (Å²) in [5.74, 6) is -0.641. The van der Waals surface area contributed by atoms with Gasteiger partial charge in [0.15, 0.2) is 12.4 Å². The Morgan fingerprint density at radius 3 is 2.26 bits per heavy atom. The normalized spacial score (nSPS) is 10.1. The average Bonchev–Trinajstić information content (AvgIpc) is 2.49. The highest BCUT2D eigenvalue weighted by atomic mass is 16.2. The molecule has 23 heavy (non-hydrogen) atoms. The number of urea groups is 1. The number of pyridine rings is 1. The molecule has 0 saturated carbocycles.